The van der Waals surface area contributed by atoms with Crippen molar-refractivity contribution in [1.29, 1.82) is 0 Å². The van der Waals surface area contributed by atoms with Gasteiger partial charge in [0, 0.05) is 11.1 Å². The Morgan fingerprint density at radius 3 is 2.74 bits per heavy atom. The first-order valence-electron chi connectivity index (χ1n) is 8.73. The minimum atomic E-state index is -0.430. The molecule has 138 valence electrons. The Hall–Kier alpha value is -2.90. The first-order chi connectivity index (χ1) is 13.1. The number of carbonyl (C=O) groups excluding carboxylic acids is 1. The third-order valence-electron chi connectivity index (χ3n) is 4.23. The Kier molecular flexibility index (Phi) is 4.79. The van der Waals surface area contributed by atoms with Crippen molar-refractivity contribution in [1.82, 2.24) is 10.3 Å². The van der Waals surface area contributed by atoms with Gasteiger partial charge in [-0.1, -0.05) is 18.2 Å². The van der Waals surface area contributed by atoms with E-state index in [9.17, 15) is 4.79 Å². The van der Waals surface area contributed by atoms with Gasteiger partial charge in [0.25, 0.3) is 5.91 Å². The van der Waals surface area contributed by atoms with Gasteiger partial charge in [-0.3, -0.25) is 4.79 Å². The lowest BCUT2D eigenvalue weighted by molar-refractivity contribution is 0.0952. The van der Waals surface area contributed by atoms with Crippen LogP contribution >= 0.6 is 11.3 Å². The van der Waals surface area contributed by atoms with E-state index in [1.807, 2.05) is 42.5 Å². The number of nitrogens with one attached hydrogen (secondary N) is 2. The second-order valence-corrected chi connectivity index (χ2v) is 7.63. The van der Waals surface area contributed by atoms with Crippen molar-refractivity contribution >= 4 is 23.1 Å². The van der Waals surface area contributed by atoms with Crippen LogP contribution in [0.15, 0.2) is 60.8 Å². The summed E-state index contributed by atoms with van der Waals surface area (Å²) in [5.41, 5.74) is 6.15. The van der Waals surface area contributed by atoms with Crippen molar-refractivity contribution in [2.24, 2.45) is 5.73 Å². The fourth-order valence-corrected chi connectivity index (χ4v) is 3.37. The van der Waals surface area contributed by atoms with E-state index in [2.05, 4.69) is 15.6 Å². The summed E-state index contributed by atoms with van der Waals surface area (Å²) in [5, 5.41) is 6.88. The fraction of sp³-hybridized carbons (Fsp3) is 0.200. The van der Waals surface area contributed by atoms with Gasteiger partial charge in [0.15, 0.2) is 5.06 Å². The highest BCUT2D eigenvalue weighted by Crippen LogP contribution is 2.33. The molecule has 2 heterocycles. The minimum Gasteiger partial charge on any atom is -0.447 e. The maximum atomic E-state index is 12.6. The third kappa shape index (κ3) is 4.45. The monoisotopic (exact) mass is 380 g/mol. The van der Waals surface area contributed by atoms with Gasteiger partial charge in [-0.05, 0) is 49.2 Å². The molecule has 1 amide bonds. The molecule has 4 rings (SSSR count). The third-order valence-corrected chi connectivity index (χ3v) is 5.19. The number of rotatable bonds is 7. The zero-order valence-electron chi connectivity index (χ0n) is 14.6. The van der Waals surface area contributed by atoms with Gasteiger partial charge in [0.2, 0.25) is 0 Å². The average molecular weight is 380 g/mol. The largest absolute Gasteiger partial charge is 0.447 e. The Bertz CT molecular complexity index is 938. The molecule has 0 bridgehead atoms. The van der Waals surface area contributed by atoms with Crippen molar-refractivity contribution in [3.63, 3.8) is 0 Å². The number of aromatic nitrogens is 1. The number of nitrogens with two attached hydrogens (primary N) is 1. The van der Waals surface area contributed by atoms with Gasteiger partial charge >= 0.3 is 0 Å². The second-order valence-electron chi connectivity index (χ2n) is 6.50. The topological polar surface area (TPSA) is 89.3 Å². The molecular weight excluding hydrogens is 360 g/mol. The van der Waals surface area contributed by atoms with Crippen molar-refractivity contribution in [3.8, 4) is 10.8 Å². The molecule has 0 atom stereocenters. The maximum absolute atomic E-state index is 12.6. The predicted octanol–water partition coefficient (Wildman–Crippen LogP) is 3.73. The molecule has 0 spiro atoms. The van der Waals surface area contributed by atoms with E-state index in [1.54, 1.807) is 18.3 Å². The van der Waals surface area contributed by atoms with E-state index in [0.717, 1.165) is 28.5 Å². The zero-order chi connectivity index (χ0) is 18.7. The van der Waals surface area contributed by atoms with E-state index in [1.165, 1.54) is 11.3 Å². The molecule has 7 heteroatoms. The lowest BCUT2D eigenvalue weighted by atomic mass is 10.2. The van der Waals surface area contributed by atoms with Gasteiger partial charge in [0.05, 0.1) is 17.8 Å². The molecular formula is C20H20N4O2S. The van der Waals surface area contributed by atoms with Gasteiger partial charge in [-0.15, -0.1) is 11.3 Å². The molecule has 0 unspecified atom stereocenters. The molecule has 2 aromatic heterocycles. The lowest BCUT2D eigenvalue weighted by Crippen LogP contribution is -2.34. The van der Waals surface area contributed by atoms with E-state index < -0.39 is 5.66 Å². The molecule has 4 N–H and O–H groups in total. The van der Waals surface area contributed by atoms with Gasteiger partial charge < -0.3 is 21.1 Å². The summed E-state index contributed by atoms with van der Waals surface area (Å²) < 4.78 is 5.80. The summed E-state index contributed by atoms with van der Waals surface area (Å²) in [6.07, 6.45) is 3.41. The molecule has 3 aromatic rings. The van der Waals surface area contributed by atoms with Crippen molar-refractivity contribution < 1.29 is 9.53 Å². The first kappa shape index (κ1) is 17.5. The molecule has 1 fully saturated rings. The van der Waals surface area contributed by atoms with Crippen LogP contribution in [0, 0.1) is 0 Å². The molecule has 1 aliphatic rings. The number of para-hydroxylation sites is 1. The maximum Gasteiger partial charge on any atom is 0.255 e. The number of hydrogen-bond donors (Lipinski definition) is 3. The number of amides is 1. The summed E-state index contributed by atoms with van der Waals surface area (Å²) >= 11 is 1.50. The highest BCUT2D eigenvalue weighted by molar-refractivity contribution is 7.13. The van der Waals surface area contributed by atoms with Crippen LogP contribution < -0.4 is 21.1 Å². The number of ether oxygens (including phenoxy) is 1. The minimum absolute atomic E-state index is 0.186. The highest BCUT2D eigenvalue weighted by atomic mass is 32.1. The number of hydrogen-bond acceptors (Lipinski definition) is 6. The summed E-state index contributed by atoms with van der Waals surface area (Å²) in [4.78, 5) is 17.9. The van der Waals surface area contributed by atoms with E-state index in [4.69, 9.17) is 10.5 Å². The molecule has 1 aliphatic carbocycles. The van der Waals surface area contributed by atoms with Crippen LogP contribution in [-0.2, 0) is 6.54 Å². The van der Waals surface area contributed by atoms with Gasteiger partial charge in [0.1, 0.15) is 11.6 Å². The average Bonchev–Trinajstić information content (AvgIpc) is 3.23. The van der Waals surface area contributed by atoms with Crippen molar-refractivity contribution in [3.05, 3.63) is 71.2 Å². The van der Waals surface area contributed by atoms with Crippen LogP contribution in [0.1, 0.15) is 28.1 Å². The van der Waals surface area contributed by atoms with Crippen molar-refractivity contribution in [2.45, 2.75) is 25.0 Å². The van der Waals surface area contributed by atoms with Crippen molar-refractivity contribution in [2.75, 3.05) is 5.32 Å². The second kappa shape index (κ2) is 7.38. The smallest absolute Gasteiger partial charge is 0.255 e. The number of nitrogens with zero attached hydrogens (tertiary/aromatic N) is 1. The molecule has 27 heavy (non-hydrogen) atoms. The lowest BCUT2D eigenvalue weighted by Gasteiger charge is -2.15. The SMILES string of the molecule is NC1(Nc2ncccc2C(=O)NCc2ccc(Oc3ccccc3)s2)CC1. The molecule has 6 nitrogen and oxygen atoms in total. The summed E-state index contributed by atoms with van der Waals surface area (Å²) in [5.74, 6) is 1.12. The molecule has 0 radical (unpaired) electrons. The van der Waals surface area contributed by atoms with E-state index >= 15 is 0 Å². The Morgan fingerprint density at radius 2 is 1.96 bits per heavy atom. The van der Waals surface area contributed by atoms with Crippen LogP contribution in [0.5, 0.6) is 10.8 Å². The highest BCUT2D eigenvalue weighted by Gasteiger charge is 2.39. The Morgan fingerprint density at radius 1 is 1.15 bits per heavy atom. The molecule has 1 aromatic carbocycles. The van der Waals surface area contributed by atoms with E-state index in [0.29, 0.717) is 17.9 Å². The zero-order valence-corrected chi connectivity index (χ0v) is 15.5. The predicted molar refractivity (Wildman–Crippen MR) is 106 cm³/mol. The molecule has 0 saturated heterocycles. The standard InChI is InChI=1S/C20H20N4O2S/c21-20(10-11-20)24-18-16(7-4-12-22-18)19(25)23-13-15-8-9-17(27-15)26-14-5-2-1-3-6-14/h1-9,12H,10-11,13,21H2,(H,22,24)(H,23,25). The summed E-state index contributed by atoms with van der Waals surface area (Å²) in [7, 11) is 0. The first-order valence-corrected chi connectivity index (χ1v) is 9.55. The number of carbonyl (C=O) groups is 1. The summed E-state index contributed by atoms with van der Waals surface area (Å²) in [6, 6.07) is 16.9. The number of benzene rings is 1. The van der Waals surface area contributed by atoms with Gasteiger partial charge in [-0.2, -0.15) is 0 Å². The Labute approximate surface area is 161 Å². The van der Waals surface area contributed by atoms with Crippen LogP contribution in [0.3, 0.4) is 0 Å². The molecule has 1 saturated carbocycles. The normalized spacial score (nSPS) is 14.4. The van der Waals surface area contributed by atoms with E-state index in [-0.39, 0.29) is 5.91 Å². The fourth-order valence-electron chi connectivity index (χ4n) is 2.56. The number of anilines is 1. The Balaban J connectivity index is 1.37. The summed E-state index contributed by atoms with van der Waals surface area (Å²) in [6.45, 7) is 0.420. The van der Waals surface area contributed by atoms with Crippen LogP contribution in [0.2, 0.25) is 0 Å². The molecule has 0 aliphatic heterocycles. The number of thiophene rings is 1. The van der Waals surface area contributed by atoms with Crippen LogP contribution in [0.4, 0.5) is 5.82 Å². The van der Waals surface area contributed by atoms with Crippen LogP contribution in [0.25, 0.3) is 0 Å². The van der Waals surface area contributed by atoms with Crippen LogP contribution in [-0.4, -0.2) is 16.6 Å². The van der Waals surface area contributed by atoms with Gasteiger partial charge in [-0.25, -0.2) is 4.98 Å². The number of pyridine rings is 1. The quantitative estimate of drug-likeness (QED) is 0.544.